The summed E-state index contributed by atoms with van der Waals surface area (Å²) in [6.07, 6.45) is 4.82. The first kappa shape index (κ1) is 14.6. The number of rotatable bonds is 3. The molecule has 0 saturated carbocycles. The van der Waals surface area contributed by atoms with Crippen LogP contribution in [0.3, 0.4) is 0 Å². The van der Waals surface area contributed by atoms with Gasteiger partial charge in [0.05, 0.1) is 13.2 Å². The van der Waals surface area contributed by atoms with E-state index in [2.05, 4.69) is 16.0 Å². The number of likely N-dealkylation sites (tertiary alicyclic amines) is 1. The fourth-order valence-corrected chi connectivity index (χ4v) is 3.03. The maximum atomic E-state index is 12.8. The number of benzene rings is 1. The number of imidazole rings is 1. The Balaban J connectivity index is 1.89. The van der Waals surface area contributed by atoms with Gasteiger partial charge in [0, 0.05) is 18.4 Å². The number of aryl methyl sites for hydroxylation is 1. The Morgan fingerprint density at radius 2 is 2.27 bits per heavy atom. The van der Waals surface area contributed by atoms with Gasteiger partial charge in [0.25, 0.3) is 5.91 Å². The number of carbonyl (C=O) groups is 1. The largest absolute Gasteiger partial charge is 0.497 e. The highest BCUT2D eigenvalue weighted by atomic mass is 16.5. The molecule has 3 rings (SSSR count). The molecule has 2 aromatic rings. The SMILES string of the molecule is COc1cccc([C@H]2CCCCN2C(=O)c2ncc(C)[nH]2)c1. The summed E-state index contributed by atoms with van der Waals surface area (Å²) >= 11 is 0. The lowest BCUT2D eigenvalue weighted by Crippen LogP contribution is -2.39. The average Bonchev–Trinajstić information content (AvgIpc) is 3.00. The van der Waals surface area contributed by atoms with Crippen molar-refractivity contribution in [2.75, 3.05) is 13.7 Å². The molecule has 22 heavy (non-hydrogen) atoms. The van der Waals surface area contributed by atoms with Crippen LogP contribution in [0.25, 0.3) is 0 Å². The topological polar surface area (TPSA) is 58.2 Å². The van der Waals surface area contributed by atoms with Crippen molar-refractivity contribution in [1.82, 2.24) is 14.9 Å². The number of carbonyl (C=O) groups excluding carboxylic acids is 1. The molecule has 0 aliphatic carbocycles. The molecule has 1 aliphatic heterocycles. The number of amides is 1. The monoisotopic (exact) mass is 299 g/mol. The van der Waals surface area contributed by atoms with Crippen LogP contribution in [0.15, 0.2) is 30.5 Å². The fraction of sp³-hybridized carbons (Fsp3) is 0.412. The number of nitrogens with zero attached hydrogens (tertiary/aromatic N) is 2. The number of hydrogen-bond donors (Lipinski definition) is 1. The number of H-pyrrole nitrogens is 1. The summed E-state index contributed by atoms with van der Waals surface area (Å²) in [5.41, 5.74) is 2.02. The summed E-state index contributed by atoms with van der Waals surface area (Å²) in [4.78, 5) is 21.9. The van der Waals surface area contributed by atoms with Crippen LogP contribution in [-0.2, 0) is 0 Å². The predicted octanol–water partition coefficient (Wildman–Crippen LogP) is 3.09. The van der Waals surface area contributed by atoms with Crippen LogP contribution in [0.5, 0.6) is 5.75 Å². The Morgan fingerprint density at radius 1 is 1.41 bits per heavy atom. The fourth-order valence-electron chi connectivity index (χ4n) is 3.03. The Bertz CT molecular complexity index is 665. The Labute approximate surface area is 130 Å². The first-order valence-electron chi connectivity index (χ1n) is 7.65. The molecular weight excluding hydrogens is 278 g/mol. The molecule has 1 aromatic heterocycles. The van der Waals surface area contributed by atoms with Crippen molar-refractivity contribution < 1.29 is 9.53 Å². The van der Waals surface area contributed by atoms with E-state index >= 15 is 0 Å². The van der Waals surface area contributed by atoms with E-state index in [4.69, 9.17) is 4.74 Å². The summed E-state index contributed by atoms with van der Waals surface area (Å²) in [6, 6.07) is 8.06. The second-order valence-corrected chi connectivity index (χ2v) is 5.70. The van der Waals surface area contributed by atoms with E-state index in [1.165, 1.54) is 0 Å². The standard InChI is InChI=1S/C17H21N3O2/c1-12-11-18-16(19-12)17(21)20-9-4-3-8-15(20)13-6-5-7-14(10-13)22-2/h5-7,10-11,15H,3-4,8-9H2,1-2H3,(H,18,19)/t15-/m1/s1. The number of piperidine rings is 1. The van der Waals surface area contributed by atoms with Crippen LogP contribution in [-0.4, -0.2) is 34.4 Å². The van der Waals surface area contributed by atoms with Crippen molar-refractivity contribution in [3.63, 3.8) is 0 Å². The minimum atomic E-state index is -0.0272. The molecular formula is C17H21N3O2. The van der Waals surface area contributed by atoms with Gasteiger partial charge in [-0.1, -0.05) is 12.1 Å². The highest BCUT2D eigenvalue weighted by molar-refractivity contribution is 5.91. The number of hydrogen-bond acceptors (Lipinski definition) is 3. The predicted molar refractivity (Wildman–Crippen MR) is 83.9 cm³/mol. The van der Waals surface area contributed by atoms with Gasteiger partial charge in [-0.3, -0.25) is 4.79 Å². The summed E-state index contributed by atoms with van der Waals surface area (Å²) in [5, 5.41) is 0. The van der Waals surface area contributed by atoms with E-state index in [-0.39, 0.29) is 11.9 Å². The zero-order valence-corrected chi connectivity index (χ0v) is 13.0. The van der Waals surface area contributed by atoms with Gasteiger partial charge in [-0.15, -0.1) is 0 Å². The minimum Gasteiger partial charge on any atom is -0.497 e. The molecule has 1 N–H and O–H groups in total. The van der Waals surface area contributed by atoms with Gasteiger partial charge in [0.2, 0.25) is 0 Å². The van der Waals surface area contributed by atoms with E-state index < -0.39 is 0 Å². The lowest BCUT2D eigenvalue weighted by Gasteiger charge is -2.35. The molecule has 0 radical (unpaired) electrons. The maximum Gasteiger partial charge on any atom is 0.290 e. The third kappa shape index (κ3) is 2.84. The van der Waals surface area contributed by atoms with Crippen LogP contribution in [0.2, 0.25) is 0 Å². The summed E-state index contributed by atoms with van der Waals surface area (Å²) in [5.74, 6) is 1.22. The molecule has 0 bridgehead atoms. The molecule has 116 valence electrons. The van der Waals surface area contributed by atoms with Crippen LogP contribution in [0.4, 0.5) is 0 Å². The third-order valence-corrected chi connectivity index (χ3v) is 4.15. The molecule has 0 spiro atoms. The van der Waals surface area contributed by atoms with E-state index in [0.717, 1.165) is 42.8 Å². The molecule has 1 amide bonds. The average molecular weight is 299 g/mol. The highest BCUT2D eigenvalue weighted by Gasteiger charge is 2.30. The Hall–Kier alpha value is -2.30. The Kier molecular flexibility index (Phi) is 4.13. The number of aromatic nitrogens is 2. The van der Waals surface area contributed by atoms with E-state index in [0.29, 0.717) is 5.82 Å². The lowest BCUT2D eigenvalue weighted by atomic mass is 9.95. The van der Waals surface area contributed by atoms with Gasteiger partial charge in [0.15, 0.2) is 5.82 Å². The molecule has 5 nitrogen and oxygen atoms in total. The zero-order valence-electron chi connectivity index (χ0n) is 13.0. The van der Waals surface area contributed by atoms with E-state index in [1.54, 1.807) is 13.3 Å². The first-order chi connectivity index (χ1) is 10.7. The molecule has 1 aromatic carbocycles. The van der Waals surface area contributed by atoms with Gasteiger partial charge >= 0.3 is 0 Å². The van der Waals surface area contributed by atoms with Crippen molar-refractivity contribution >= 4 is 5.91 Å². The molecule has 1 fully saturated rings. The summed E-state index contributed by atoms with van der Waals surface area (Å²) < 4.78 is 5.31. The molecule has 1 aliphatic rings. The normalized spacial score (nSPS) is 18.3. The second kappa shape index (κ2) is 6.22. The number of nitrogens with one attached hydrogen (secondary N) is 1. The van der Waals surface area contributed by atoms with Crippen molar-refractivity contribution in [3.05, 3.63) is 47.5 Å². The van der Waals surface area contributed by atoms with Gasteiger partial charge in [0.1, 0.15) is 5.75 Å². The van der Waals surface area contributed by atoms with Crippen LogP contribution in [0.1, 0.15) is 47.2 Å². The number of methoxy groups -OCH3 is 1. The smallest absolute Gasteiger partial charge is 0.290 e. The molecule has 0 unspecified atom stereocenters. The van der Waals surface area contributed by atoms with Crippen molar-refractivity contribution in [2.24, 2.45) is 0 Å². The number of ether oxygens (including phenoxy) is 1. The summed E-state index contributed by atoms with van der Waals surface area (Å²) in [6.45, 7) is 2.67. The molecule has 1 atom stereocenters. The van der Waals surface area contributed by atoms with Crippen LogP contribution >= 0.6 is 0 Å². The third-order valence-electron chi connectivity index (χ3n) is 4.15. The lowest BCUT2D eigenvalue weighted by molar-refractivity contribution is 0.0599. The molecule has 1 saturated heterocycles. The van der Waals surface area contributed by atoms with Gasteiger partial charge in [-0.25, -0.2) is 4.98 Å². The second-order valence-electron chi connectivity index (χ2n) is 5.70. The van der Waals surface area contributed by atoms with Gasteiger partial charge in [-0.05, 0) is 43.9 Å². The van der Waals surface area contributed by atoms with Crippen molar-refractivity contribution in [2.45, 2.75) is 32.2 Å². The van der Waals surface area contributed by atoms with E-state index in [1.807, 2.05) is 30.0 Å². The quantitative estimate of drug-likeness (QED) is 0.947. The molecule has 2 heterocycles. The maximum absolute atomic E-state index is 12.8. The number of aromatic amines is 1. The van der Waals surface area contributed by atoms with Crippen molar-refractivity contribution in [1.29, 1.82) is 0 Å². The van der Waals surface area contributed by atoms with E-state index in [9.17, 15) is 4.79 Å². The molecule has 5 heteroatoms. The van der Waals surface area contributed by atoms with Gasteiger partial charge in [-0.2, -0.15) is 0 Å². The first-order valence-corrected chi connectivity index (χ1v) is 7.65. The highest BCUT2D eigenvalue weighted by Crippen LogP contribution is 2.33. The zero-order chi connectivity index (χ0) is 15.5. The van der Waals surface area contributed by atoms with Crippen LogP contribution < -0.4 is 4.74 Å². The Morgan fingerprint density at radius 3 is 3.00 bits per heavy atom. The minimum absolute atomic E-state index is 0.0272. The van der Waals surface area contributed by atoms with Crippen molar-refractivity contribution in [3.8, 4) is 5.75 Å². The van der Waals surface area contributed by atoms with Gasteiger partial charge < -0.3 is 14.6 Å². The van der Waals surface area contributed by atoms with Crippen LogP contribution in [0, 0.1) is 6.92 Å². The summed E-state index contributed by atoms with van der Waals surface area (Å²) in [7, 11) is 1.66.